The van der Waals surface area contributed by atoms with Crippen LogP contribution in [0, 0.1) is 50.2 Å². The van der Waals surface area contributed by atoms with Crippen LogP contribution in [0.25, 0.3) is 0 Å². The number of aliphatic hydroxyl groups excluding tert-OH is 16. The summed E-state index contributed by atoms with van der Waals surface area (Å²) >= 11 is 0. The van der Waals surface area contributed by atoms with Crippen LogP contribution in [0.3, 0.4) is 0 Å². The molecule has 9 fully saturated rings. The highest BCUT2D eigenvalue weighted by Gasteiger charge is 2.72. The predicted molar refractivity (Wildman–Crippen MR) is 321 cm³/mol. The highest BCUT2D eigenvalue weighted by Crippen LogP contribution is 2.76. The molecule has 17 N–H and O–H groups in total. The topological polar surface area (TPSA) is 480 Å². The number of carbonyl (C=O) groups is 2. The van der Waals surface area contributed by atoms with Crippen LogP contribution >= 0.6 is 0 Å². The molecule has 5 heterocycles. The lowest BCUT2D eigenvalue weighted by atomic mass is 9.33. The van der Waals surface area contributed by atoms with Gasteiger partial charge in [-0.15, -0.1) is 0 Å². The van der Waals surface area contributed by atoms with Crippen molar-refractivity contribution in [3.63, 3.8) is 0 Å². The number of carboxylic acids is 1. The molecule has 30 nitrogen and oxygen atoms in total. The standard InChI is InChI=1S/C65H104O30/c1-11-25(2)54(84)89-36-20-60(4,5)18-28-27-12-13-33-62(8)16-15-35(61(6,7)32(62)14-17-63(33,9)64(27,10)19-34(70)65(28,36)24-69)90-59-52(95-56-46(80)42(76)39(73)30(22-67)87-56)48(47(81)49(92-59)53(82)83)91-58-51(44(78)40(74)31(23-68)88-58)94-57-50(43(77)37(71)26(3)85-57)93-55-45(79)41(75)38(72)29(21-66)86-55/h11-12,26,28-52,55-59,66-81H,13-24H2,1-10H3,(H,82,83)/b25-11-/t26-,28-,29+,30+,31+,32-,33+,34+,35-,36-,37-,38+,39+,40+,41-,42-,43+,44-,45+,46+,47-,48-,49-,50+,51+,52+,55-,56-,57-,58-,59+,62-,63+,64+,65-/m0/s1. The Bertz CT molecular complexity index is 2750. The number of hydrogen-bond acceptors (Lipinski definition) is 29. The number of fused-ring (bicyclic) bond motifs is 7. The Labute approximate surface area is 551 Å². The number of rotatable bonds is 17. The van der Waals surface area contributed by atoms with Crippen LogP contribution in [0.1, 0.15) is 121 Å². The van der Waals surface area contributed by atoms with E-state index in [0.717, 1.165) is 5.57 Å². The minimum absolute atomic E-state index is 0.00373. The summed E-state index contributed by atoms with van der Waals surface area (Å²) in [6.07, 6.45) is -43.9. The van der Waals surface area contributed by atoms with Gasteiger partial charge in [0.05, 0.1) is 50.2 Å². The monoisotopic (exact) mass is 1360 g/mol. The van der Waals surface area contributed by atoms with Crippen molar-refractivity contribution >= 4 is 11.9 Å². The minimum atomic E-state index is -2.36. The Balaban J connectivity index is 0.976. The minimum Gasteiger partial charge on any atom is -0.479 e. The lowest BCUT2D eigenvalue weighted by Crippen LogP contribution is -2.70. The maximum Gasteiger partial charge on any atom is 0.335 e. The molecule has 544 valence electrons. The molecule has 4 saturated carbocycles. The van der Waals surface area contributed by atoms with Gasteiger partial charge in [0.15, 0.2) is 37.6 Å². The summed E-state index contributed by atoms with van der Waals surface area (Å²) in [6, 6.07) is 0. The SMILES string of the molecule is C/C=C(/C)C(=O)O[C@H]1CC(C)(C)C[C@H]2C3=CC[C@@H]4[C@@]5(C)CC[C@H](O[C@@H]6O[C@H](C(=O)O)[C@@H](O)[C@H](O[C@@H]7O[C@H](CO)[C@@H](O)[C@H](O)[C@H]7O[C@@H]7O[C@@H](C)[C@H](O)[C@@H](O)[C@H]7O[C@@H]7O[C@H](CO)[C@@H](O)[C@H](O)[C@H]7O)[C@H]6O[C@@H]6O[C@H](CO)[C@@H](O)[C@H](O)[C@H]6O)C(C)(C)[C@@H]5CC[C@@]4(C)[C@]3(C)C[C@@H](O)[C@@]12CO. The molecule has 0 aromatic heterocycles. The summed E-state index contributed by atoms with van der Waals surface area (Å²) in [5.41, 5.74) is -2.23. The molecule has 0 aromatic rings. The molecule has 0 bridgehead atoms. The smallest absolute Gasteiger partial charge is 0.335 e. The first-order valence-electron chi connectivity index (χ1n) is 33.4. The fraction of sp³-hybridized carbons (Fsp3) is 0.908. The molecule has 0 spiro atoms. The third-order valence-electron chi connectivity index (χ3n) is 24.6. The van der Waals surface area contributed by atoms with E-state index in [9.17, 15) is 96.4 Å². The first-order chi connectivity index (χ1) is 44.5. The lowest BCUT2D eigenvalue weighted by Gasteiger charge is -2.72. The summed E-state index contributed by atoms with van der Waals surface area (Å²) in [6.45, 7) is 16.6. The van der Waals surface area contributed by atoms with Crippen molar-refractivity contribution in [3.05, 3.63) is 23.3 Å². The number of aliphatic hydroxyl groups is 16. The zero-order valence-corrected chi connectivity index (χ0v) is 55.4. The van der Waals surface area contributed by atoms with Crippen molar-refractivity contribution in [2.24, 2.45) is 50.2 Å². The summed E-state index contributed by atoms with van der Waals surface area (Å²) in [5.74, 6) is -2.73. The number of allylic oxidation sites excluding steroid dienone is 3. The van der Waals surface area contributed by atoms with Gasteiger partial charge >= 0.3 is 11.9 Å². The van der Waals surface area contributed by atoms with Crippen LogP contribution in [-0.2, 0) is 61.7 Å². The Morgan fingerprint density at radius 1 is 0.547 bits per heavy atom. The molecule has 10 aliphatic rings. The van der Waals surface area contributed by atoms with Gasteiger partial charge in [0.2, 0.25) is 0 Å². The second-order valence-electron chi connectivity index (χ2n) is 30.7. The summed E-state index contributed by atoms with van der Waals surface area (Å²) in [7, 11) is 0. The molecule has 35 atom stereocenters. The van der Waals surface area contributed by atoms with Gasteiger partial charge in [-0.2, -0.15) is 0 Å². The van der Waals surface area contributed by atoms with Crippen molar-refractivity contribution < 1.29 is 149 Å². The first-order valence-corrected chi connectivity index (χ1v) is 33.4. The Morgan fingerprint density at radius 3 is 1.60 bits per heavy atom. The van der Waals surface area contributed by atoms with Gasteiger partial charge in [-0.05, 0) is 117 Å². The Hall–Kier alpha value is -2.62. The summed E-state index contributed by atoms with van der Waals surface area (Å²) < 4.78 is 67.8. The van der Waals surface area contributed by atoms with E-state index in [0.29, 0.717) is 56.9 Å². The average molecular weight is 1370 g/mol. The van der Waals surface area contributed by atoms with Crippen molar-refractivity contribution in [1.82, 2.24) is 0 Å². The first kappa shape index (κ1) is 75.1. The van der Waals surface area contributed by atoms with Crippen molar-refractivity contribution in [2.45, 2.75) is 292 Å². The number of aliphatic carboxylic acids is 1. The fourth-order valence-electron chi connectivity index (χ4n) is 18.8. The van der Waals surface area contributed by atoms with E-state index in [1.54, 1.807) is 19.9 Å². The van der Waals surface area contributed by atoms with Gasteiger partial charge in [-0.1, -0.05) is 66.2 Å². The second kappa shape index (κ2) is 28.0. The van der Waals surface area contributed by atoms with Crippen LogP contribution in [0.15, 0.2) is 23.3 Å². The molecule has 0 unspecified atom stereocenters. The number of carboxylic acid groups (broad SMARTS) is 1. The lowest BCUT2D eigenvalue weighted by molar-refractivity contribution is -0.412. The van der Waals surface area contributed by atoms with Gasteiger partial charge in [-0.25, -0.2) is 9.59 Å². The molecule has 0 amide bonds. The van der Waals surface area contributed by atoms with E-state index in [4.69, 9.17) is 52.1 Å². The predicted octanol–water partition coefficient (Wildman–Crippen LogP) is -3.16. The van der Waals surface area contributed by atoms with E-state index in [-0.39, 0.29) is 23.2 Å². The van der Waals surface area contributed by atoms with Crippen LogP contribution in [0.2, 0.25) is 0 Å². The average Bonchev–Trinajstić information content (AvgIpc) is 0.672. The third kappa shape index (κ3) is 12.7. The molecule has 0 aromatic carbocycles. The van der Waals surface area contributed by atoms with Gasteiger partial charge in [0.1, 0.15) is 116 Å². The zero-order valence-electron chi connectivity index (χ0n) is 55.4. The number of esters is 1. The number of ether oxygens (including phenoxy) is 11. The number of hydrogen-bond donors (Lipinski definition) is 17. The third-order valence-corrected chi connectivity index (χ3v) is 24.6. The van der Waals surface area contributed by atoms with E-state index in [1.165, 1.54) is 6.92 Å². The van der Waals surface area contributed by atoms with Gasteiger partial charge in [-0.3, -0.25) is 0 Å². The quantitative estimate of drug-likeness (QED) is 0.0296. The van der Waals surface area contributed by atoms with Crippen molar-refractivity contribution in [2.75, 3.05) is 26.4 Å². The maximum atomic E-state index is 13.5. The molecule has 0 radical (unpaired) electrons. The van der Waals surface area contributed by atoms with Crippen LogP contribution in [-0.4, -0.2) is 297 Å². The molecule has 5 aliphatic carbocycles. The summed E-state index contributed by atoms with van der Waals surface area (Å²) in [5, 5.41) is 190. The van der Waals surface area contributed by atoms with E-state index < -0.39 is 237 Å². The molecular formula is C65H104O30. The van der Waals surface area contributed by atoms with Crippen LogP contribution < -0.4 is 0 Å². The Morgan fingerprint density at radius 2 is 1.05 bits per heavy atom. The molecule has 95 heavy (non-hydrogen) atoms. The van der Waals surface area contributed by atoms with E-state index in [1.807, 2.05) is 13.8 Å². The largest absolute Gasteiger partial charge is 0.479 e. The van der Waals surface area contributed by atoms with Crippen LogP contribution in [0.5, 0.6) is 0 Å². The van der Waals surface area contributed by atoms with Gasteiger partial charge in [0.25, 0.3) is 0 Å². The molecule has 10 rings (SSSR count). The highest BCUT2D eigenvalue weighted by atomic mass is 16.8. The number of carbonyl (C=O) groups excluding carboxylic acids is 1. The highest BCUT2D eigenvalue weighted by molar-refractivity contribution is 5.87. The molecular weight excluding hydrogens is 1260 g/mol. The van der Waals surface area contributed by atoms with Crippen LogP contribution in [0.4, 0.5) is 0 Å². The molecule has 5 aliphatic heterocycles. The van der Waals surface area contributed by atoms with Gasteiger partial charge in [0, 0.05) is 5.57 Å². The second-order valence-corrected chi connectivity index (χ2v) is 30.7. The Kier molecular flexibility index (Phi) is 22.1. The van der Waals surface area contributed by atoms with Gasteiger partial charge < -0.3 is 139 Å². The maximum absolute atomic E-state index is 13.5. The van der Waals surface area contributed by atoms with Crippen molar-refractivity contribution in [1.29, 1.82) is 0 Å². The summed E-state index contributed by atoms with van der Waals surface area (Å²) in [4.78, 5) is 26.9. The zero-order chi connectivity index (χ0) is 69.9. The normalized spacial score (nSPS) is 52.2. The molecule has 5 saturated heterocycles. The van der Waals surface area contributed by atoms with Crippen molar-refractivity contribution in [3.8, 4) is 0 Å². The fourth-order valence-corrected chi connectivity index (χ4v) is 18.8. The molecule has 30 heteroatoms. The van der Waals surface area contributed by atoms with E-state index in [2.05, 4.69) is 40.7 Å². The van der Waals surface area contributed by atoms with E-state index >= 15 is 0 Å².